The van der Waals surface area contributed by atoms with E-state index in [1.165, 1.54) is 11.1 Å². The molecule has 140 valence electrons. The summed E-state index contributed by atoms with van der Waals surface area (Å²) >= 11 is 0. The van der Waals surface area contributed by atoms with Crippen molar-refractivity contribution >= 4 is 16.9 Å². The van der Waals surface area contributed by atoms with Crippen molar-refractivity contribution in [3.8, 4) is 17.0 Å². The third kappa shape index (κ3) is 3.65. The first-order valence-electron chi connectivity index (χ1n) is 9.18. The molecule has 3 rings (SSSR count). The number of carbonyl (C=O) groups is 1. The molecule has 1 aromatic heterocycles. The average molecular weight is 363 g/mol. The Bertz CT molecular complexity index is 989. The Labute approximate surface area is 159 Å². The number of aromatic carboxylic acids is 1. The van der Waals surface area contributed by atoms with Crippen LogP contribution in [-0.2, 0) is 0 Å². The van der Waals surface area contributed by atoms with Gasteiger partial charge in [0.2, 0.25) is 0 Å². The zero-order valence-electron chi connectivity index (χ0n) is 16.4. The maximum Gasteiger partial charge on any atom is 0.335 e. The molecule has 0 spiro atoms. The summed E-state index contributed by atoms with van der Waals surface area (Å²) in [6.07, 6.45) is 0. The van der Waals surface area contributed by atoms with E-state index < -0.39 is 5.97 Å². The zero-order valence-corrected chi connectivity index (χ0v) is 16.4. The minimum absolute atomic E-state index is 0.259. The third-order valence-corrected chi connectivity index (χ3v) is 4.87. The molecule has 0 saturated heterocycles. The number of fused-ring (bicyclic) bond motifs is 1. The number of ether oxygens (including phenoxy) is 1. The number of rotatable bonds is 5. The number of benzene rings is 2. The van der Waals surface area contributed by atoms with Crippen LogP contribution in [0.15, 0.2) is 42.5 Å². The van der Waals surface area contributed by atoms with Gasteiger partial charge in [0, 0.05) is 17.0 Å². The highest BCUT2D eigenvalue weighted by molar-refractivity contribution is 5.91. The first-order valence-corrected chi connectivity index (χ1v) is 9.18. The number of hydrogen-bond donors (Lipinski definition) is 1. The van der Waals surface area contributed by atoms with Gasteiger partial charge in [0.05, 0.1) is 23.9 Å². The van der Waals surface area contributed by atoms with Gasteiger partial charge < -0.3 is 9.84 Å². The minimum Gasteiger partial charge on any atom is -0.496 e. The van der Waals surface area contributed by atoms with E-state index in [1.54, 1.807) is 31.4 Å². The second kappa shape index (κ2) is 7.39. The molecule has 27 heavy (non-hydrogen) atoms. The van der Waals surface area contributed by atoms with Crippen LogP contribution in [0, 0.1) is 0 Å². The molecule has 0 radical (unpaired) electrons. The number of hydrogen-bond acceptors (Lipinski definition) is 3. The van der Waals surface area contributed by atoms with Gasteiger partial charge in [0.15, 0.2) is 0 Å². The summed E-state index contributed by atoms with van der Waals surface area (Å²) < 4.78 is 5.65. The van der Waals surface area contributed by atoms with Crippen LogP contribution < -0.4 is 4.74 Å². The van der Waals surface area contributed by atoms with E-state index in [-0.39, 0.29) is 5.56 Å². The van der Waals surface area contributed by atoms with Gasteiger partial charge in [-0.15, -0.1) is 0 Å². The van der Waals surface area contributed by atoms with E-state index in [2.05, 4.69) is 39.8 Å². The van der Waals surface area contributed by atoms with Gasteiger partial charge in [0.25, 0.3) is 0 Å². The molecular formula is C23H25NO3. The van der Waals surface area contributed by atoms with Gasteiger partial charge in [0.1, 0.15) is 5.75 Å². The molecule has 1 heterocycles. The summed E-state index contributed by atoms with van der Waals surface area (Å²) in [5, 5.41) is 10.1. The molecule has 1 N–H and O–H groups in total. The molecule has 0 saturated carbocycles. The van der Waals surface area contributed by atoms with E-state index in [0.717, 1.165) is 27.9 Å². The summed E-state index contributed by atoms with van der Waals surface area (Å²) in [5.41, 5.74) is 5.39. The highest BCUT2D eigenvalue weighted by atomic mass is 16.5. The number of nitrogens with zero attached hydrogens (tertiary/aromatic N) is 1. The van der Waals surface area contributed by atoms with Crippen LogP contribution in [0.5, 0.6) is 5.75 Å². The number of carboxylic acid groups (broad SMARTS) is 1. The Morgan fingerprint density at radius 3 is 2.07 bits per heavy atom. The largest absolute Gasteiger partial charge is 0.496 e. The molecule has 4 nitrogen and oxygen atoms in total. The molecule has 2 aromatic carbocycles. The topological polar surface area (TPSA) is 59.4 Å². The summed E-state index contributed by atoms with van der Waals surface area (Å²) in [4.78, 5) is 15.9. The van der Waals surface area contributed by atoms with E-state index in [9.17, 15) is 4.79 Å². The maximum absolute atomic E-state index is 11.1. The molecule has 0 unspecified atom stereocenters. The Balaban J connectivity index is 2.21. The van der Waals surface area contributed by atoms with Gasteiger partial charge in [-0.3, -0.25) is 0 Å². The van der Waals surface area contributed by atoms with E-state index >= 15 is 0 Å². The van der Waals surface area contributed by atoms with Gasteiger partial charge in [-0.1, -0.05) is 39.8 Å². The molecule has 3 aromatic rings. The fraction of sp³-hybridized carbons (Fsp3) is 0.304. The molecule has 0 aliphatic carbocycles. The Hall–Kier alpha value is -2.88. The summed E-state index contributed by atoms with van der Waals surface area (Å²) in [7, 11) is 1.66. The van der Waals surface area contributed by atoms with Crippen LogP contribution in [0.2, 0.25) is 0 Å². The van der Waals surface area contributed by atoms with Crippen LogP contribution in [-0.4, -0.2) is 23.2 Å². The summed E-state index contributed by atoms with van der Waals surface area (Å²) in [5.74, 6) is 0.653. The van der Waals surface area contributed by atoms with Crippen LogP contribution in [0.4, 0.5) is 0 Å². The lowest BCUT2D eigenvalue weighted by Crippen LogP contribution is -2.01. The quantitative estimate of drug-likeness (QED) is 0.617. The second-order valence-electron chi connectivity index (χ2n) is 7.40. The fourth-order valence-electron chi connectivity index (χ4n) is 3.38. The monoisotopic (exact) mass is 363 g/mol. The maximum atomic E-state index is 11.1. The molecule has 0 bridgehead atoms. The number of methoxy groups -OCH3 is 1. The normalized spacial score (nSPS) is 11.4. The van der Waals surface area contributed by atoms with Gasteiger partial charge in [-0.25, -0.2) is 9.78 Å². The lowest BCUT2D eigenvalue weighted by Gasteiger charge is -2.18. The molecule has 0 amide bonds. The van der Waals surface area contributed by atoms with Crippen molar-refractivity contribution in [2.45, 2.75) is 39.5 Å². The minimum atomic E-state index is -0.937. The number of carboxylic acids is 1. The van der Waals surface area contributed by atoms with Crippen molar-refractivity contribution in [2.75, 3.05) is 7.11 Å². The van der Waals surface area contributed by atoms with Crippen LogP contribution in [0.3, 0.4) is 0 Å². The van der Waals surface area contributed by atoms with Gasteiger partial charge in [-0.2, -0.15) is 0 Å². The van der Waals surface area contributed by atoms with Crippen molar-refractivity contribution in [1.29, 1.82) is 0 Å². The smallest absolute Gasteiger partial charge is 0.335 e. The van der Waals surface area contributed by atoms with Crippen molar-refractivity contribution < 1.29 is 14.6 Å². The lowest BCUT2D eigenvalue weighted by molar-refractivity contribution is 0.0697. The first-order chi connectivity index (χ1) is 12.8. The molecular weight excluding hydrogens is 338 g/mol. The third-order valence-electron chi connectivity index (χ3n) is 4.87. The van der Waals surface area contributed by atoms with Gasteiger partial charge >= 0.3 is 5.97 Å². The van der Waals surface area contributed by atoms with Crippen LogP contribution in [0.25, 0.3) is 22.2 Å². The highest BCUT2D eigenvalue weighted by Gasteiger charge is 2.16. The predicted octanol–water partition coefficient (Wildman–Crippen LogP) is 5.86. The summed E-state index contributed by atoms with van der Waals surface area (Å²) in [6.45, 7) is 8.79. The van der Waals surface area contributed by atoms with Crippen LogP contribution >= 0.6 is 0 Å². The Kier molecular flexibility index (Phi) is 5.17. The van der Waals surface area contributed by atoms with Crippen molar-refractivity contribution in [3.05, 3.63) is 59.2 Å². The van der Waals surface area contributed by atoms with E-state index in [4.69, 9.17) is 14.8 Å². The second-order valence-corrected chi connectivity index (χ2v) is 7.40. The average Bonchev–Trinajstić information content (AvgIpc) is 2.65. The molecule has 0 aliphatic rings. The SMILES string of the molecule is COc1cc(-c2ccc(C(=O)O)cc2)nc2cc(C(C)C)c(C(C)C)cc12. The lowest BCUT2D eigenvalue weighted by atomic mass is 9.89. The zero-order chi connectivity index (χ0) is 19.7. The molecule has 0 atom stereocenters. The highest BCUT2D eigenvalue weighted by Crippen LogP contribution is 2.36. The Morgan fingerprint density at radius 1 is 0.963 bits per heavy atom. The fourth-order valence-corrected chi connectivity index (χ4v) is 3.38. The van der Waals surface area contributed by atoms with Gasteiger partial charge in [-0.05, 0) is 47.2 Å². The summed E-state index contributed by atoms with van der Waals surface area (Å²) in [6, 6.07) is 13.0. The van der Waals surface area contributed by atoms with Crippen molar-refractivity contribution in [3.63, 3.8) is 0 Å². The Morgan fingerprint density at radius 2 is 1.56 bits per heavy atom. The van der Waals surface area contributed by atoms with Crippen molar-refractivity contribution in [1.82, 2.24) is 4.98 Å². The standard InChI is InChI=1S/C23H25NO3/c1-13(2)17-10-19-21(11-18(17)14(3)4)24-20(12-22(19)27-5)15-6-8-16(9-7-15)23(25)26/h6-14H,1-5H3,(H,25,26). The van der Waals surface area contributed by atoms with E-state index in [0.29, 0.717) is 11.8 Å². The first kappa shape index (κ1) is 18.9. The molecule has 0 fully saturated rings. The molecule has 4 heteroatoms. The number of aromatic nitrogens is 1. The molecule has 0 aliphatic heterocycles. The van der Waals surface area contributed by atoms with Crippen molar-refractivity contribution in [2.24, 2.45) is 0 Å². The number of pyridine rings is 1. The predicted molar refractivity (Wildman–Crippen MR) is 109 cm³/mol. The van der Waals surface area contributed by atoms with Crippen LogP contribution in [0.1, 0.15) is 61.0 Å². The van der Waals surface area contributed by atoms with E-state index in [1.807, 2.05) is 6.07 Å².